The molecule has 0 aliphatic carbocycles. The molecule has 6 heteroatoms. The minimum atomic E-state index is -3.47. The minimum Gasteiger partial charge on any atom is -0.397 e. The van der Waals surface area contributed by atoms with Crippen molar-refractivity contribution >= 4 is 21.6 Å². The van der Waals surface area contributed by atoms with Crippen LogP contribution in [-0.2, 0) is 10.2 Å². The maximum Gasteiger partial charge on any atom is 0.301 e. The van der Waals surface area contributed by atoms with Crippen LogP contribution in [0.15, 0.2) is 18.2 Å². The van der Waals surface area contributed by atoms with Gasteiger partial charge in [-0.2, -0.15) is 12.7 Å². The van der Waals surface area contributed by atoms with E-state index in [9.17, 15) is 8.42 Å². The van der Waals surface area contributed by atoms with E-state index in [1.165, 1.54) is 4.31 Å². The normalized spacial score (nSPS) is 17.6. The van der Waals surface area contributed by atoms with Gasteiger partial charge in [0.15, 0.2) is 0 Å². The molecule has 1 saturated heterocycles. The molecule has 0 unspecified atom stereocenters. The Labute approximate surface area is 108 Å². The molecule has 1 heterocycles. The first kappa shape index (κ1) is 13.2. The van der Waals surface area contributed by atoms with E-state index < -0.39 is 10.2 Å². The second kappa shape index (κ2) is 5.16. The molecular weight excluding hydrogens is 250 g/mol. The molecule has 1 aromatic carbocycles. The van der Waals surface area contributed by atoms with Crippen molar-refractivity contribution in [1.82, 2.24) is 4.31 Å². The van der Waals surface area contributed by atoms with Crippen molar-refractivity contribution in [3.05, 3.63) is 23.8 Å². The van der Waals surface area contributed by atoms with Gasteiger partial charge in [-0.05, 0) is 37.5 Å². The molecule has 0 spiro atoms. The highest BCUT2D eigenvalue weighted by molar-refractivity contribution is 7.90. The molecule has 3 N–H and O–H groups in total. The molecule has 100 valence electrons. The molecule has 5 nitrogen and oxygen atoms in total. The Kier molecular flexibility index (Phi) is 3.77. The first-order valence-corrected chi connectivity index (χ1v) is 7.57. The van der Waals surface area contributed by atoms with E-state index in [2.05, 4.69) is 4.72 Å². The zero-order valence-electron chi connectivity index (χ0n) is 10.5. The molecule has 1 fully saturated rings. The lowest BCUT2D eigenvalue weighted by molar-refractivity contribution is 0.349. The molecule has 0 aromatic heterocycles. The van der Waals surface area contributed by atoms with E-state index in [4.69, 9.17) is 5.73 Å². The third-order valence-corrected chi connectivity index (χ3v) is 4.62. The average Bonchev–Trinajstić information content (AvgIpc) is 2.34. The monoisotopic (exact) mass is 269 g/mol. The number of rotatable bonds is 3. The SMILES string of the molecule is Cc1ccc(NS(=O)(=O)N2CCCCC2)c(N)c1. The van der Waals surface area contributed by atoms with Crippen LogP contribution in [0.3, 0.4) is 0 Å². The van der Waals surface area contributed by atoms with Crippen molar-refractivity contribution in [2.45, 2.75) is 26.2 Å². The minimum absolute atomic E-state index is 0.450. The van der Waals surface area contributed by atoms with Crippen molar-refractivity contribution in [2.24, 2.45) is 0 Å². The van der Waals surface area contributed by atoms with Crippen LogP contribution < -0.4 is 10.5 Å². The molecule has 0 radical (unpaired) electrons. The predicted molar refractivity (Wildman–Crippen MR) is 73.6 cm³/mol. The molecule has 1 aromatic rings. The molecule has 0 atom stereocenters. The van der Waals surface area contributed by atoms with Gasteiger partial charge < -0.3 is 5.73 Å². The Bertz CT molecular complexity index is 522. The van der Waals surface area contributed by atoms with Crippen LogP contribution in [0.5, 0.6) is 0 Å². The lowest BCUT2D eigenvalue weighted by Crippen LogP contribution is -2.39. The number of nitrogens with two attached hydrogens (primary N) is 1. The van der Waals surface area contributed by atoms with Gasteiger partial charge in [0.1, 0.15) is 0 Å². The van der Waals surface area contributed by atoms with Crippen LogP contribution in [0, 0.1) is 6.92 Å². The summed E-state index contributed by atoms with van der Waals surface area (Å²) in [5.41, 5.74) is 7.72. The predicted octanol–water partition coefficient (Wildman–Crippen LogP) is 1.72. The summed E-state index contributed by atoms with van der Waals surface area (Å²) >= 11 is 0. The Morgan fingerprint density at radius 2 is 1.89 bits per heavy atom. The van der Waals surface area contributed by atoms with Crippen molar-refractivity contribution in [2.75, 3.05) is 23.5 Å². The summed E-state index contributed by atoms with van der Waals surface area (Å²) in [5.74, 6) is 0. The summed E-state index contributed by atoms with van der Waals surface area (Å²) in [4.78, 5) is 0. The first-order chi connectivity index (χ1) is 8.49. The topological polar surface area (TPSA) is 75.4 Å². The van der Waals surface area contributed by atoms with Gasteiger partial charge in [0.05, 0.1) is 11.4 Å². The second-order valence-electron chi connectivity index (χ2n) is 4.66. The summed E-state index contributed by atoms with van der Waals surface area (Å²) in [6.07, 6.45) is 2.94. The number of nitrogen functional groups attached to an aromatic ring is 1. The quantitative estimate of drug-likeness (QED) is 0.820. The van der Waals surface area contributed by atoms with Gasteiger partial charge in [0.25, 0.3) is 0 Å². The van der Waals surface area contributed by atoms with E-state index in [1.807, 2.05) is 13.0 Å². The number of aryl methyl sites for hydroxylation is 1. The summed E-state index contributed by atoms with van der Waals surface area (Å²) < 4.78 is 28.3. The molecule has 0 amide bonds. The molecule has 1 aliphatic rings. The number of hydrogen-bond donors (Lipinski definition) is 2. The fraction of sp³-hybridized carbons (Fsp3) is 0.500. The third kappa shape index (κ3) is 2.94. The first-order valence-electron chi connectivity index (χ1n) is 6.13. The molecule has 0 bridgehead atoms. The van der Waals surface area contributed by atoms with Crippen LogP contribution in [0.2, 0.25) is 0 Å². The number of nitrogens with one attached hydrogen (secondary N) is 1. The van der Waals surface area contributed by atoms with Gasteiger partial charge in [-0.15, -0.1) is 0 Å². The van der Waals surface area contributed by atoms with E-state index in [0.717, 1.165) is 24.8 Å². The summed E-state index contributed by atoms with van der Waals surface area (Å²) in [7, 11) is -3.47. The maximum atomic E-state index is 12.2. The lowest BCUT2D eigenvalue weighted by atomic mass is 10.2. The third-order valence-electron chi connectivity index (χ3n) is 3.10. The van der Waals surface area contributed by atoms with Crippen LogP contribution in [0.25, 0.3) is 0 Å². The van der Waals surface area contributed by atoms with Gasteiger partial charge in [0.2, 0.25) is 0 Å². The van der Waals surface area contributed by atoms with Crippen molar-refractivity contribution in [1.29, 1.82) is 0 Å². The molecule has 1 aliphatic heterocycles. The number of benzene rings is 1. The summed E-state index contributed by atoms with van der Waals surface area (Å²) in [5, 5.41) is 0. The van der Waals surface area contributed by atoms with Crippen LogP contribution >= 0.6 is 0 Å². The lowest BCUT2D eigenvalue weighted by Gasteiger charge is -2.26. The van der Waals surface area contributed by atoms with Gasteiger partial charge in [-0.1, -0.05) is 12.5 Å². The van der Waals surface area contributed by atoms with Gasteiger partial charge in [-0.25, -0.2) is 0 Å². The Morgan fingerprint density at radius 3 is 2.50 bits per heavy atom. The molecule has 2 rings (SSSR count). The smallest absolute Gasteiger partial charge is 0.301 e. The highest BCUT2D eigenvalue weighted by Crippen LogP contribution is 2.22. The zero-order valence-corrected chi connectivity index (χ0v) is 11.3. The average molecular weight is 269 g/mol. The van der Waals surface area contributed by atoms with Crippen LogP contribution in [-0.4, -0.2) is 25.8 Å². The fourth-order valence-corrected chi connectivity index (χ4v) is 3.42. The highest BCUT2D eigenvalue weighted by Gasteiger charge is 2.24. The van der Waals surface area contributed by atoms with Crippen molar-refractivity contribution < 1.29 is 8.42 Å². The Hall–Kier alpha value is -1.27. The largest absolute Gasteiger partial charge is 0.397 e. The fourth-order valence-electron chi connectivity index (χ4n) is 2.08. The van der Waals surface area contributed by atoms with Crippen molar-refractivity contribution in [3.8, 4) is 0 Å². The summed E-state index contributed by atoms with van der Waals surface area (Å²) in [6.45, 7) is 3.08. The van der Waals surface area contributed by atoms with E-state index >= 15 is 0 Å². The highest BCUT2D eigenvalue weighted by atomic mass is 32.2. The summed E-state index contributed by atoms with van der Waals surface area (Å²) in [6, 6.07) is 5.30. The number of piperidine rings is 1. The number of nitrogens with zero attached hydrogens (tertiary/aromatic N) is 1. The molecule has 18 heavy (non-hydrogen) atoms. The van der Waals surface area contributed by atoms with Crippen molar-refractivity contribution in [3.63, 3.8) is 0 Å². The van der Waals surface area contributed by atoms with E-state index in [1.54, 1.807) is 12.1 Å². The van der Waals surface area contributed by atoms with Gasteiger partial charge >= 0.3 is 10.2 Å². The standard InChI is InChI=1S/C12H19N3O2S/c1-10-5-6-12(11(13)9-10)14-18(16,17)15-7-3-2-4-8-15/h5-6,9,14H,2-4,7-8,13H2,1H3. The van der Waals surface area contributed by atoms with E-state index in [-0.39, 0.29) is 0 Å². The Balaban J connectivity index is 2.16. The van der Waals surface area contributed by atoms with Gasteiger partial charge in [-0.3, -0.25) is 4.72 Å². The molecular formula is C12H19N3O2S. The van der Waals surface area contributed by atoms with Crippen LogP contribution in [0.4, 0.5) is 11.4 Å². The number of hydrogen-bond acceptors (Lipinski definition) is 3. The van der Waals surface area contributed by atoms with Crippen LogP contribution in [0.1, 0.15) is 24.8 Å². The maximum absolute atomic E-state index is 12.2. The van der Waals surface area contributed by atoms with Gasteiger partial charge in [0, 0.05) is 13.1 Å². The van der Waals surface area contributed by atoms with E-state index in [0.29, 0.717) is 24.5 Å². The Morgan fingerprint density at radius 1 is 1.22 bits per heavy atom. The zero-order chi connectivity index (χ0) is 13.2. The molecule has 0 saturated carbocycles. The second-order valence-corrected chi connectivity index (χ2v) is 6.33. The number of anilines is 2.